The second-order valence-corrected chi connectivity index (χ2v) is 5.26. The highest BCUT2D eigenvalue weighted by Crippen LogP contribution is 2.20. The van der Waals surface area contributed by atoms with Crippen LogP contribution in [0.4, 0.5) is 0 Å². The molecule has 0 bridgehead atoms. The van der Waals surface area contributed by atoms with Crippen molar-refractivity contribution >= 4 is 12.3 Å². The van der Waals surface area contributed by atoms with Crippen LogP contribution in [-0.2, 0) is 11.3 Å². The predicted octanol–water partition coefficient (Wildman–Crippen LogP) is 3.92. The van der Waals surface area contributed by atoms with Crippen molar-refractivity contribution in [2.75, 3.05) is 0 Å². The minimum atomic E-state index is -0.419. The Balaban J connectivity index is 1.74. The zero-order valence-corrected chi connectivity index (χ0v) is 12.9. The van der Waals surface area contributed by atoms with Gasteiger partial charge in [0.05, 0.1) is 5.56 Å². The van der Waals surface area contributed by atoms with Gasteiger partial charge in [0.25, 0.3) is 0 Å². The molecular weight excluding hydrogens is 302 g/mol. The largest absolute Gasteiger partial charge is 0.457 e. The molecule has 1 aromatic heterocycles. The lowest BCUT2D eigenvalue weighted by Crippen LogP contribution is -2.05. The molecule has 0 saturated carbocycles. The summed E-state index contributed by atoms with van der Waals surface area (Å²) in [7, 11) is 0. The van der Waals surface area contributed by atoms with Gasteiger partial charge in [0, 0.05) is 23.5 Å². The number of esters is 1. The molecule has 3 rings (SSSR count). The number of hydrogen-bond acceptors (Lipinski definition) is 4. The first-order valence-corrected chi connectivity index (χ1v) is 7.48. The maximum Gasteiger partial charge on any atom is 0.340 e. The zero-order chi connectivity index (χ0) is 16.8. The molecule has 0 amide bonds. The molecule has 2 aromatic carbocycles. The first-order chi connectivity index (χ1) is 11.8. The molecule has 118 valence electrons. The maximum absolute atomic E-state index is 12.2. The van der Waals surface area contributed by atoms with Gasteiger partial charge in [-0.15, -0.1) is 0 Å². The number of carbonyl (C=O) groups is 2. The van der Waals surface area contributed by atoms with Crippen molar-refractivity contribution < 1.29 is 14.3 Å². The topological polar surface area (TPSA) is 56.3 Å². The number of carbonyl (C=O) groups excluding carboxylic acids is 2. The molecule has 0 unspecified atom stereocenters. The minimum absolute atomic E-state index is 0.220. The van der Waals surface area contributed by atoms with Crippen molar-refractivity contribution in [2.24, 2.45) is 0 Å². The van der Waals surface area contributed by atoms with Crippen molar-refractivity contribution in [1.29, 1.82) is 0 Å². The molecule has 0 N–H and O–H groups in total. The van der Waals surface area contributed by atoms with Crippen LogP contribution in [0.5, 0.6) is 0 Å². The highest BCUT2D eigenvalue weighted by Gasteiger charge is 2.10. The standard InChI is InChI=1S/C20H15NO3/c22-13-15-6-8-17(9-7-15)18-10-19(12-21-11-18)20(23)24-14-16-4-2-1-3-5-16/h1-13H,14H2. The molecule has 24 heavy (non-hydrogen) atoms. The van der Waals surface area contributed by atoms with Crippen LogP contribution in [0.25, 0.3) is 11.1 Å². The van der Waals surface area contributed by atoms with E-state index in [9.17, 15) is 9.59 Å². The molecule has 4 nitrogen and oxygen atoms in total. The third-order valence-corrected chi connectivity index (χ3v) is 3.57. The molecule has 0 atom stereocenters. The van der Waals surface area contributed by atoms with E-state index in [1.54, 1.807) is 24.4 Å². The van der Waals surface area contributed by atoms with Crippen LogP contribution in [0.1, 0.15) is 26.3 Å². The monoisotopic (exact) mass is 317 g/mol. The van der Waals surface area contributed by atoms with Crippen LogP contribution in [0.2, 0.25) is 0 Å². The van der Waals surface area contributed by atoms with Crippen molar-refractivity contribution in [1.82, 2.24) is 4.98 Å². The number of pyridine rings is 1. The van der Waals surface area contributed by atoms with Crippen LogP contribution in [0, 0.1) is 0 Å². The predicted molar refractivity (Wildman–Crippen MR) is 90.6 cm³/mol. The fourth-order valence-electron chi connectivity index (χ4n) is 2.27. The summed E-state index contributed by atoms with van der Waals surface area (Å²) in [4.78, 5) is 27.0. The summed E-state index contributed by atoms with van der Waals surface area (Å²) in [6, 6.07) is 18.3. The molecule has 3 aromatic rings. The van der Waals surface area contributed by atoms with Gasteiger partial charge in [-0.3, -0.25) is 9.78 Å². The number of benzene rings is 2. The third-order valence-electron chi connectivity index (χ3n) is 3.57. The normalized spacial score (nSPS) is 10.2. The van der Waals surface area contributed by atoms with E-state index in [-0.39, 0.29) is 6.61 Å². The van der Waals surface area contributed by atoms with Crippen molar-refractivity contribution in [3.8, 4) is 11.1 Å². The number of aldehydes is 1. The summed E-state index contributed by atoms with van der Waals surface area (Å²) in [5.74, 6) is -0.419. The third kappa shape index (κ3) is 3.73. The number of rotatable bonds is 5. The Hall–Kier alpha value is -3.27. The highest BCUT2D eigenvalue weighted by atomic mass is 16.5. The van der Waals surface area contributed by atoms with E-state index in [0.717, 1.165) is 23.0 Å². The molecule has 0 radical (unpaired) electrons. The summed E-state index contributed by atoms with van der Waals surface area (Å²) in [5, 5.41) is 0. The summed E-state index contributed by atoms with van der Waals surface area (Å²) >= 11 is 0. The first kappa shape index (κ1) is 15.6. The second-order valence-electron chi connectivity index (χ2n) is 5.26. The van der Waals surface area contributed by atoms with Gasteiger partial charge in [-0.1, -0.05) is 54.6 Å². The van der Waals surface area contributed by atoms with Gasteiger partial charge in [-0.05, 0) is 17.2 Å². The molecule has 0 saturated heterocycles. The summed E-state index contributed by atoms with van der Waals surface area (Å²) < 4.78 is 5.32. The Morgan fingerprint density at radius 1 is 0.958 bits per heavy atom. The van der Waals surface area contributed by atoms with Gasteiger partial charge < -0.3 is 4.74 Å². The van der Waals surface area contributed by atoms with Gasteiger partial charge >= 0.3 is 5.97 Å². The average Bonchev–Trinajstić information content (AvgIpc) is 2.67. The number of hydrogen-bond donors (Lipinski definition) is 0. The van der Waals surface area contributed by atoms with E-state index in [0.29, 0.717) is 11.1 Å². The molecule has 1 heterocycles. The van der Waals surface area contributed by atoms with E-state index in [1.165, 1.54) is 6.20 Å². The molecule has 0 aliphatic carbocycles. The van der Waals surface area contributed by atoms with Crippen molar-refractivity contribution in [2.45, 2.75) is 6.61 Å². The lowest BCUT2D eigenvalue weighted by Gasteiger charge is -2.07. The van der Waals surface area contributed by atoms with E-state index >= 15 is 0 Å². The molecule has 0 spiro atoms. The minimum Gasteiger partial charge on any atom is -0.457 e. The van der Waals surface area contributed by atoms with Crippen LogP contribution in [0.3, 0.4) is 0 Å². The van der Waals surface area contributed by atoms with Crippen molar-refractivity contribution in [3.63, 3.8) is 0 Å². The lowest BCUT2D eigenvalue weighted by molar-refractivity contribution is 0.0472. The van der Waals surface area contributed by atoms with Gasteiger partial charge in [0.2, 0.25) is 0 Å². The average molecular weight is 317 g/mol. The Morgan fingerprint density at radius 2 is 1.71 bits per heavy atom. The van der Waals surface area contributed by atoms with Gasteiger partial charge in [-0.25, -0.2) is 4.79 Å². The van der Waals surface area contributed by atoms with E-state index < -0.39 is 5.97 Å². The summed E-state index contributed by atoms with van der Waals surface area (Å²) in [6.07, 6.45) is 3.94. The molecule has 4 heteroatoms. The Kier molecular flexibility index (Phi) is 4.77. The van der Waals surface area contributed by atoms with E-state index in [4.69, 9.17) is 4.74 Å². The van der Waals surface area contributed by atoms with Crippen molar-refractivity contribution in [3.05, 3.63) is 89.7 Å². The Bertz CT molecular complexity index is 842. The number of aromatic nitrogens is 1. The van der Waals surface area contributed by atoms with Gasteiger partial charge in [0.1, 0.15) is 12.9 Å². The molecule has 0 fully saturated rings. The Morgan fingerprint density at radius 3 is 2.42 bits per heavy atom. The number of ether oxygens (including phenoxy) is 1. The van der Waals surface area contributed by atoms with E-state index in [2.05, 4.69) is 4.98 Å². The molecule has 0 aliphatic heterocycles. The summed E-state index contributed by atoms with van der Waals surface area (Å²) in [6.45, 7) is 0.220. The van der Waals surface area contributed by atoms with Crippen LogP contribution < -0.4 is 0 Å². The fraction of sp³-hybridized carbons (Fsp3) is 0.0500. The van der Waals surface area contributed by atoms with Gasteiger partial charge in [-0.2, -0.15) is 0 Å². The highest BCUT2D eigenvalue weighted by molar-refractivity contribution is 5.90. The Labute approximate surface area is 139 Å². The smallest absolute Gasteiger partial charge is 0.340 e. The lowest BCUT2D eigenvalue weighted by atomic mass is 10.0. The zero-order valence-electron chi connectivity index (χ0n) is 12.9. The van der Waals surface area contributed by atoms with E-state index in [1.807, 2.05) is 42.5 Å². The maximum atomic E-state index is 12.2. The molecular formula is C20H15NO3. The SMILES string of the molecule is O=Cc1ccc(-c2cncc(C(=O)OCc3ccccc3)c2)cc1. The van der Waals surface area contributed by atoms with Crippen LogP contribution in [0.15, 0.2) is 73.1 Å². The quantitative estimate of drug-likeness (QED) is 0.529. The van der Waals surface area contributed by atoms with Crippen LogP contribution >= 0.6 is 0 Å². The summed E-state index contributed by atoms with van der Waals surface area (Å²) in [5.41, 5.74) is 3.60. The first-order valence-electron chi connectivity index (χ1n) is 7.48. The number of nitrogens with zero attached hydrogens (tertiary/aromatic N) is 1. The van der Waals surface area contributed by atoms with Crippen LogP contribution in [-0.4, -0.2) is 17.2 Å². The van der Waals surface area contributed by atoms with Gasteiger partial charge in [0.15, 0.2) is 0 Å². The fourth-order valence-corrected chi connectivity index (χ4v) is 2.27. The second kappa shape index (κ2) is 7.33. The molecule has 0 aliphatic rings.